The first-order chi connectivity index (χ1) is 13.5. The van der Waals surface area contributed by atoms with Gasteiger partial charge in [-0.2, -0.15) is 0 Å². The zero-order chi connectivity index (χ0) is 22.1. The zero-order valence-electron chi connectivity index (χ0n) is 16.1. The van der Waals surface area contributed by atoms with Crippen LogP contribution in [0.2, 0.25) is 0 Å². The molecule has 3 amide bonds. The number of aromatic hydroxyl groups is 1. The molecule has 1 aromatic carbocycles. The van der Waals surface area contributed by atoms with E-state index in [1.54, 1.807) is 0 Å². The molecule has 0 saturated carbocycles. The fourth-order valence-corrected chi connectivity index (χ4v) is 2.23. The number of phenols is 1. The third kappa shape index (κ3) is 8.15. The molecule has 11 heteroatoms. The average Bonchev–Trinajstić information content (AvgIpc) is 2.66. The fourth-order valence-electron chi connectivity index (χ4n) is 2.23. The monoisotopic (exact) mass is 410 g/mol. The topological polar surface area (TPSA) is 191 Å². The molecular formula is C18H26N4O7. The van der Waals surface area contributed by atoms with Gasteiger partial charge in [0.05, 0.1) is 12.6 Å². The number of hydrogen-bond donors (Lipinski definition) is 7. The van der Waals surface area contributed by atoms with Gasteiger partial charge in [0, 0.05) is 6.42 Å². The first-order valence-electron chi connectivity index (χ1n) is 8.83. The van der Waals surface area contributed by atoms with Gasteiger partial charge in [-0.05, 0) is 31.5 Å². The summed E-state index contributed by atoms with van der Waals surface area (Å²) in [6.45, 7) is 2.22. The van der Waals surface area contributed by atoms with Crippen molar-refractivity contribution in [3.05, 3.63) is 29.8 Å². The normalized spacial score (nSPS) is 14.8. The van der Waals surface area contributed by atoms with Crippen molar-refractivity contribution in [2.45, 2.75) is 44.5 Å². The highest BCUT2D eigenvalue weighted by Gasteiger charge is 2.25. The molecule has 4 unspecified atom stereocenters. The first-order valence-corrected chi connectivity index (χ1v) is 8.83. The minimum atomic E-state index is -1.26. The summed E-state index contributed by atoms with van der Waals surface area (Å²) in [7, 11) is 0. The number of nitrogens with one attached hydrogen (secondary N) is 3. The minimum absolute atomic E-state index is 0.0185. The van der Waals surface area contributed by atoms with Crippen LogP contribution in [0.1, 0.15) is 19.4 Å². The van der Waals surface area contributed by atoms with Gasteiger partial charge in [0.25, 0.3) is 0 Å². The number of carbonyl (C=O) groups is 4. The van der Waals surface area contributed by atoms with Gasteiger partial charge >= 0.3 is 5.97 Å². The Morgan fingerprint density at radius 1 is 1.03 bits per heavy atom. The maximum Gasteiger partial charge on any atom is 0.326 e. The standard InChI is InChI=1S/C18H26N4O7/c1-9(21-14(25)8-20-17(27)15(19)10(2)23)16(26)22-13(18(28)29)7-11-3-5-12(24)6-4-11/h3-6,9-10,13,15,23-24H,7-8,19H2,1-2H3,(H,20,27)(H,21,25)(H,22,26)(H,28,29). The summed E-state index contributed by atoms with van der Waals surface area (Å²) in [5.74, 6) is -3.38. The van der Waals surface area contributed by atoms with Crippen molar-refractivity contribution in [3.8, 4) is 5.75 Å². The van der Waals surface area contributed by atoms with E-state index in [0.29, 0.717) is 5.56 Å². The van der Waals surface area contributed by atoms with Crippen LogP contribution >= 0.6 is 0 Å². The lowest BCUT2D eigenvalue weighted by Gasteiger charge is -2.19. The van der Waals surface area contributed by atoms with Crippen LogP contribution < -0.4 is 21.7 Å². The SMILES string of the molecule is CC(NC(=O)CNC(=O)C(N)C(C)O)C(=O)NC(Cc1ccc(O)cc1)C(=O)O. The molecule has 0 heterocycles. The van der Waals surface area contributed by atoms with Crippen molar-refractivity contribution in [3.63, 3.8) is 0 Å². The van der Waals surface area contributed by atoms with Crippen molar-refractivity contribution < 1.29 is 34.5 Å². The summed E-state index contributed by atoms with van der Waals surface area (Å²) in [5.41, 5.74) is 6.01. The number of carboxylic acid groups (broad SMARTS) is 1. The van der Waals surface area contributed by atoms with Crippen molar-refractivity contribution in [2.75, 3.05) is 6.54 Å². The number of aliphatic carboxylic acids is 1. The number of carboxylic acids is 1. The van der Waals surface area contributed by atoms with Gasteiger partial charge in [0.1, 0.15) is 23.9 Å². The number of hydrogen-bond acceptors (Lipinski definition) is 7. The quantitative estimate of drug-likeness (QED) is 0.227. The zero-order valence-corrected chi connectivity index (χ0v) is 16.1. The highest BCUT2D eigenvalue weighted by molar-refractivity contribution is 5.92. The number of phenolic OH excluding ortho intramolecular Hbond substituents is 1. The molecule has 0 saturated heterocycles. The lowest BCUT2D eigenvalue weighted by Crippen LogP contribution is -2.53. The maximum absolute atomic E-state index is 12.2. The van der Waals surface area contributed by atoms with Crippen LogP contribution in [0.4, 0.5) is 0 Å². The third-order valence-corrected chi connectivity index (χ3v) is 4.01. The summed E-state index contributed by atoms with van der Waals surface area (Å²) in [6, 6.07) is 2.36. The van der Waals surface area contributed by atoms with Crippen molar-refractivity contribution in [2.24, 2.45) is 5.73 Å². The third-order valence-electron chi connectivity index (χ3n) is 4.01. The molecule has 1 aromatic rings. The maximum atomic E-state index is 12.2. The smallest absolute Gasteiger partial charge is 0.326 e. The minimum Gasteiger partial charge on any atom is -0.508 e. The molecule has 4 atom stereocenters. The number of nitrogens with two attached hydrogens (primary N) is 1. The van der Waals surface area contributed by atoms with E-state index in [4.69, 9.17) is 5.73 Å². The van der Waals surface area contributed by atoms with Gasteiger partial charge < -0.3 is 37.0 Å². The second-order valence-corrected chi connectivity index (χ2v) is 6.54. The number of rotatable bonds is 10. The molecule has 0 aliphatic rings. The summed E-state index contributed by atoms with van der Waals surface area (Å²) < 4.78 is 0. The lowest BCUT2D eigenvalue weighted by atomic mass is 10.1. The van der Waals surface area contributed by atoms with Crippen LogP contribution in [-0.2, 0) is 25.6 Å². The summed E-state index contributed by atoms with van der Waals surface area (Å²) in [4.78, 5) is 47.1. The molecule has 8 N–H and O–H groups in total. The van der Waals surface area contributed by atoms with Crippen LogP contribution in [0.5, 0.6) is 5.75 Å². The summed E-state index contributed by atoms with van der Waals surface area (Å²) in [5, 5.41) is 34.7. The molecule has 0 aliphatic carbocycles. The van der Waals surface area contributed by atoms with Gasteiger partial charge in [-0.15, -0.1) is 0 Å². The second kappa shape index (κ2) is 11.0. The van der Waals surface area contributed by atoms with E-state index < -0.39 is 54.5 Å². The molecular weight excluding hydrogens is 384 g/mol. The van der Waals surface area contributed by atoms with E-state index >= 15 is 0 Å². The Hall–Kier alpha value is -3.18. The molecule has 0 fully saturated rings. The number of aliphatic hydroxyl groups excluding tert-OH is 1. The fraction of sp³-hybridized carbons (Fsp3) is 0.444. The van der Waals surface area contributed by atoms with E-state index in [-0.39, 0.29) is 12.2 Å². The molecule has 0 spiro atoms. The van der Waals surface area contributed by atoms with Crippen LogP contribution in [0.3, 0.4) is 0 Å². The predicted octanol–water partition coefficient (Wildman–Crippen LogP) is -2.17. The highest BCUT2D eigenvalue weighted by atomic mass is 16.4. The Labute approximate surface area is 167 Å². The molecule has 1 rings (SSSR count). The average molecular weight is 410 g/mol. The molecule has 0 aromatic heterocycles. The number of amides is 3. The first kappa shape index (κ1) is 23.9. The van der Waals surface area contributed by atoms with E-state index in [1.165, 1.54) is 38.1 Å². The Morgan fingerprint density at radius 3 is 2.14 bits per heavy atom. The molecule has 160 valence electrons. The molecule has 0 radical (unpaired) electrons. The second-order valence-electron chi connectivity index (χ2n) is 6.54. The van der Waals surface area contributed by atoms with Crippen molar-refractivity contribution >= 4 is 23.7 Å². The van der Waals surface area contributed by atoms with Gasteiger partial charge in [-0.25, -0.2) is 4.79 Å². The van der Waals surface area contributed by atoms with Crippen LogP contribution in [0, 0.1) is 0 Å². The number of carbonyl (C=O) groups excluding carboxylic acids is 3. The Morgan fingerprint density at radius 2 is 1.62 bits per heavy atom. The molecule has 0 bridgehead atoms. The van der Waals surface area contributed by atoms with Gasteiger partial charge in [-0.1, -0.05) is 12.1 Å². The van der Waals surface area contributed by atoms with E-state index in [0.717, 1.165) is 0 Å². The van der Waals surface area contributed by atoms with Gasteiger partial charge in [0.15, 0.2) is 0 Å². The largest absolute Gasteiger partial charge is 0.508 e. The Kier molecular flexibility index (Phi) is 9.03. The Balaban J connectivity index is 2.55. The predicted molar refractivity (Wildman–Crippen MR) is 102 cm³/mol. The van der Waals surface area contributed by atoms with Gasteiger partial charge in [0.2, 0.25) is 17.7 Å². The van der Waals surface area contributed by atoms with E-state index in [2.05, 4.69) is 16.0 Å². The number of aliphatic hydroxyl groups is 1. The summed E-state index contributed by atoms with van der Waals surface area (Å²) in [6.07, 6.45) is -1.11. The number of benzene rings is 1. The summed E-state index contributed by atoms with van der Waals surface area (Å²) >= 11 is 0. The van der Waals surface area contributed by atoms with E-state index in [9.17, 15) is 34.5 Å². The van der Waals surface area contributed by atoms with Crippen LogP contribution in [0.25, 0.3) is 0 Å². The van der Waals surface area contributed by atoms with Gasteiger partial charge in [-0.3, -0.25) is 14.4 Å². The molecule has 29 heavy (non-hydrogen) atoms. The van der Waals surface area contributed by atoms with Crippen LogP contribution in [-0.4, -0.2) is 69.8 Å². The van der Waals surface area contributed by atoms with Crippen LogP contribution in [0.15, 0.2) is 24.3 Å². The lowest BCUT2D eigenvalue weighted by molar-refractivity contribution is -0.142. The molecule has 11 nitrogen and oxygen atoms in total. The van der Waals surface area contributed by atoms with E-state index in [1.807, 2.05) is 0 Å². The van der Waals surface area contributed by atoms with Crippen molar-refractivity contribution in [1.82, 2.24) is 16.0 Å². The molecule has 0 aliphatic heterocycles. The Bertz CT molecular complexity index is 736. The van der Waals surface area contributed by atoms with Crippen molar-refractivity contribution in [1.29, 1.82) is 0 Å². The highest BCUT2D eigenvalue weighted by Crippen LogP contribution is 2.11.